The van der Waals surface area contributed by atoms with E-state index in [-0.39, 0.29) is 0 Å². The van der Waals surface area contributed by atoms with E-state index in [0.717, 1.165) is 32.4 Å². The van der Waals surface area contributed by atoms with Gasteiger partial charge in [0.05, 0.1) is 5.84 Å². The first-order valence-electron chi connectivity index (χ1n) is 6.78. The third-order valence-corrected chi connectivity index (χ3v) is 3.33. The lowest BCUT2D eigenvalue weighted by Crippen LogP contribution is -2.34. The topological polar surface area (TPSA) is 60.8 Å². The van der Waals surface area contributed by atoms with Crippen LogP contribution in [0.1, 0.15) is 37.7 Å². The minimum Gasteiger partial charge on any atom is -0.371 e. The van der Waals surface area contributed by atoms with Crippen LogP contribution < -0.4 is 10.6 Å². The molecule has 0 bridgehead atoms. The van der Waals surface area contributed by atoms with Gasteiger partial charge in [0.1, 0.15) is 0 Å². The summed E-state index contributed by atoms with van der Waals surface area (Å²) in [5, 5.41) is 14.5. The molecule has 18 heavy (non-hydrogen) atoms. The number of nitrogens with one attached hydrogen (secondary N) is 3. The Kier molecular flexibility index (Phi) is 5.15. The van der Waals surface area contributed by atoms with E-state index in [0.29, 0.717) is 11.9 Å². The zero-order valence-corrected chi connectivity index (χ0v) is 10.8. The standard InChI is InChI=1S/C14H22N4/c15-14-6-2-1-5-13(18-14)7-9-17-11-12-4-3-8-16-10-12/h3-4,8,10,13,17H,1-2,5-7,9,11H2,(H2,15,18). The summed E-state index contributed by atoms with van der Waals surface area (Å²) in [4.78, 5) is 4.10. The molecule has 1 aromatic rings. The number of pyridine rings is 1. The Labute approximate surface area is 109 Å². The molecular formula is C14H22N4. The van der Waals surface area contributed by atoms with Crippen molar-refractivity contribution in [1.82, 2.24) is 15.6 Å². The number of nitrogens with zero attached hydrogens (tertiary/aromatic N) is 1. The molecule has 0 radical (unpaired) electrons. The third kappa shape index (κ3) is 4.45. The molecule has 1 aliphatic heterocycles. The fourth-order valence-corrected chi connectivity index (χ4v) is 2.31. The van der Waals surface area contributed by atoms with Gasteiger partial charge in [-0.3, -0.25) is 10.4 Å². The molecule has 0 spiro atoms. The number of hydrogen-bond acceptors (Lipinski definition) is 3. The molecule has 1 aromatic heterocycles. The molecule has 3 N–H and O–H groups in total. The molecule has 1 atom stereocenters. The first kappa shape index (κ1) is 13.0. The highest BCUT2D eigenvalue weighted by Gasteiger charge is 2.13. The minimum absolute atomic E-state index is 0.474. The highest BCUT2D eigenvalue weighted by atomic mass is 15.0. The van der Waals surface area contributed by atoms with Gasteiger partial charge in [-0.2, -0.15) is 0 Å². The van der Waals surface area contributed by atoms with Crippen molar-refractivity contribution in [3.63, 3.8) is 0 Å². The van der Waals surface area contributed by atoms with E-state index in [2.05, 4.69) is 21.7 Å². The Bertz CT molecular complexity index is 363. The van der Waals surface area contributed by atoms with E-state index < -0.39 is 0 Å². The molecule has 4 heteroatoms. The van der Waals surface area contributed by atoms with Crippen LogP contribution in [0.5, 0.6) is 0 Å². The van der Waals surface area contributed by atoms with Crippen molar-refractivity contribution in [3.8, 4) is 0 Å². The Hall–Kier alpha value is -1.42. The van der Waals surface area contributed by atoms with Crippen LogP contribution in [0.15, 0.2) is 24.5 Å². The van der Waals surface area contributed by atoms with E-state index in [1.54, 1.807) is 6.20 Å². The molecule has 1 aliphatic rings. The van der Waals surface area contributed by atoms with Crippen molar-refractivity contribution < 1.29 is 0 Å². The molecule has 2 rings (SSSR count). The first-order valence-corrected chi connectivity index (χ1v) is 6.78. The number of aromatic nitrogens is 1. The Morgan fingerprint density at radius 3 is 3.22 bits per heavy atom. The van der Waals surface area contributed by atoms with Crippen molar-refractivity contribution in [2.45, 2.75) is 44.7 Å². The van der Waals surface area contributed by atoms with E-state index in [4.69, 9.17) is 5.41 Å². The molecule has 2 heterocycles. The van der Waals surface area contributed by atoms with Crippen LogP contribution in [-0.4, -0.2) is 23.4 Å². The van der Waals surface area contributed by atoms with Crippen LogP contribution in [0.4, 0.5) is 0 Å². The van der Waals surface area contributed by atoms with Crippen LogP contribution in [0.3, 0.4) is 0 Å². The maximum absolute atomic E-state index is 7.73. The largest absolute Gasteiger partial charge is 0.371 e. The summed E-state index contributed by atoms with van der Waals surface area (Å²) in [6.07, 6.45) is 9.28. The summed E-state index contributed by atoms with van der Waals surface area (Å²) in [6.45, 7) is 1.86. The molecule has 0 aliphatic carbocycles. The van der Waals surface area contributed by atoms with Gasteiger partial charge in [0.15, 0.2) is 0 Å². The smallest absolute Gasteiger partial charge is 0.0933 e. The summed E-state index contributed by atoms with van der Waals surface area (Å²) in [5.74, 6) is 0.713. The quantitative estimate of drug-likeness (QED) is 0.697. The lowest BCUT2D eigenvalue weighted by atomic mass is 10.1. The molecular weight excluding hydrogens is 224 g/mol. The summed E-state index contributed by atoms with van der Waals surface area (Å²) >= 11 is 0. The number of amidine groups is 1. The molecule has 0 amide bonds. The van der Waals surface area contributed by atoms with Crippen molar-refractivity contribution in [1.29, 1.82) is 5.41 Å². The van der Waals surface area contributed by atoms with Gasteiger partial charge >= 0.3 is 0 Å². The van der Waals surface area contributed by atoms with Crippen LogP contribution in [0, 0.1) is 5.41 Å². The van der Waals surface area contributed by atoms with Gasteiger partial charge < -0.3 is 10.6 Å². The summed E-state index contributed by atoms with van der Waals surface area (Å²) in [6, 6.07) is 4.52. The number of hydrogen-bond donors (Lipinski definition) is 3. The molecule has 1 saturated heterocycles. The molecule has 4 nitrogen and oxygen atoms in total. The van der Waals surface area contributed by atoms with Gasteiger partial charge in [-0.1, -0.05) is 12.5 Å². The van der Waals surface area contributed by atoms with Crippen molar-refractivity contribution >= 4 is 5.84 Å². The molecule has 1 fully saturated rings. The van der Waals surface area contributed by atoms with Crippen molar-refractivity contribution in [2.75, 3.05) is 6.54 Å². The predicted molar refractivity (Wildman–Crippen MR) is 73.7 cm³/mol. The van der Waals surface area contributed by atoms with Gasteiger partial charge in [0, 0.05) is 31.4 Å². The average Bonchev–Trinajstić information content (AvgIpc) is 2.60. The fraction of sp³-hybridized carbons (Fsp3) is 0.571. The average molecular weight is 246 g/mol. The SMILES string of the molecule is N=C1CCCCC(CCNCc2cccnc2)N1. The molecule has 98 valence electrons. The second kappa shape index (κ2) is 7.11. The number of rotatable bonds is 5. The Balaban J connectivity index is 1.64. The van der Waals surface area contributed by atoms with Crippen molar-refractivity contribution in [2.24, 2.45) is 0 Å². The minimum atomic E-state index is 0.474. The fourth-order valence-electron chi connectivity index (χ4n) is 2.31. The lowest BCUT2D eigenvalue weighted by Gasteiger charge is -2.17. The zero-order valence-electron chi connectivity index (χ0n) is 10.8. The van der Waals surface area contributed by atoms with Crippen molar-refractivity contribution in [3.05, 3.63) is 30.1 Å². The Morgan fingerprint density at radius 1 is 1.44 bits per heavy atom. The first-order chi connectivity index (χ1) is 8.84. The third-order valence-electron chi connectivity index (χ3n) is 3.33. The zero-order chi connectivity index (χ0) is 12.6. The highest BCUT2D eigenvalue weighted by Crippen LogP contribution is 2.11. The van der Waals surface area contributed by atoms with E-state index in [1.807, 2.05) is 12.3 Å². The van der Waals surface area contributed by atoms with Crippen LogP contribution in [0.25, 0.3) is 0 Å². The second-order valence-corrected chi connectivity index (χ2v) is 4.89. The summed E-state index contributed by atoms with van der Waals surface area (Å²) in [5.41, 5.74) is 1.22. The normalized spacial score (nSPS) is 20.2. The van der Waals surface area contributed by atoms with Gasteiger partial charge in [0.25, 0.3) is 0 Å². The van der Waals surface area contributed by atoms with E-state index in [9.17, 15) is 0 Å². The molecule has 0 saturated carbocycles. The maximum Gasteiger partial charge on any atom is 0.0933 e. The van der Waals surface area contributed by atoms with E-state index >= 15 is 0 Å². The molecule has 0 aromatic carbocycles. The van der Waals surface area contributed by atoms with Crippen LogP contribution in [0.2, 0.25) is 0 Å². The van der Waals surface area contributed by atoms with Crippen LogP contribution >= 0.6 is 0 Å². The highest BCUT2D eigenvalue weighted by molar-refractivity contribution is 5.79. The van der Waals surface area contributed by atoms with Gasteiger partial charge in [-0.05, 0) is 37.4 Å². The summed E-state index contributed by atoms with van der Waals surface area (Å²) in [7, 11) is 0. The lowest BCUT2D eigenvalue weighted by molar-refractivity contribution is 0.492. The van der Waals surface area contributed by atoms with Gasteiger partial charge in [-0.15, -0.1) is 0 Å². The van der Waals surface area contributed by atoms with Crippen LogP contribution in [-0.2, 0) is 6.54 Å². The second-order valence-electron chi connectivity index (χ2n) is 4.89. The monoisotopic (exact) mass is 246 g/mol. The van der Waals surface area contributed by atoms with Gasteiger partial charge in [-0.25, -0.2) is 0 Å². The maximum atomic E-state index is 7.73. The Morgan fingerprint density at radius 2 is 2.39 bits per heavy atom. The van der Waals surface area contributed by atoms with E-state index in [1.165, 1.54) is 18.4 Å². The van der Waals surface area contributed by atoms with Gasteiger partial charge in [0.2, 0.25) is 0 Å². The summed E-state index contributed by atoms with van der Waals surface area (Å²) < 4.78 is 0. The molecule has 1 unspecified atom stereocenters. The predicted octanol–water partition coefficient (Wildman–Crippen LogP) is 2.07.